The molecule has 0 aromatic rings. The highest BCUT2D eigenvalue weighted by Gasteiger charge is 2.40. The van der Waals surface area contributed by atoms with Crippen LogP contribution in [0.1, 0.15) is 26.7 Å². The van der Waals surface area contributed by atoms with Crippen LogP contribution in [0, 0.1) is 11.3 Å². The number of likely N-dealkylation sites (tertiary alicyclic amines) is 1. The van der Waals surface area contributed by atoms with Crippen molar-refractivity contribution in [2.45, 2.75) is 26.7 Å². The van der Waals surface area contributed by atoms with Crippen molar-refractivity contribution in [2.75, 3.05) is 19.6 Å². The molecule has 2 unspecified atom stereocenters. The lowest BCUT2D eigenvalue weighted by Gasteiger charge is -2.22. The topological polar surface area (TPSA) is 113 Å². The van der Waals surface area contributed by atoms with E-state index in [0.717, 1.165) is 0 Å². The Hall–Kier alpha value is -1.79. The maximum atomic E-state index is 11.9. The molecule has 0 bridgehead atoms. The van der Waals surface area contributed by atoms with Crippen LogP contribution in [0.25, 0.3) is 0 Å². The number of nitrogens with two attached hydrogens (primary N) is 1. The van der Waals surface area contributed by atoms with Crippen LogP contribution in [0.5, 0.6) is 0 Å². The quantitative estimate of drug-likeness (QED) is 0.653. The first-order valence-electron chi connectivity index (χ1n) is 6.35. The van der Waals surface area contributed by atoms with Crippen molar-refractivity contribution in [3.05, 3.63) is 0 Å². The van der Waals surface area contributed by atoms with E-state index in [2.05, 4.69) is 5.32 Å². The fourth-order valence-corrected chi connectivity index (χ4v) is 2.06. The number of hydrogen-bond donors (Lipinski definition) is 3. The van der Waals surface area contributed by atoms with Crippen LogP contribution in [-0.2, 0) is 9.59 Å². The van der Waals surface area contributed by atoms with E-state index in [0.29, 0.717) is 19.4 Å². The summed E-state index contributed by atoms with van der Waals surface area (Å²) in [6.45, 7) is 4.31. The number of nitrogens with one attached hydrogen (secondary N) is 1. The number of urea groups is 1. The van der Waals surface area contributed by atoms with Gasteiger partial charge in [-0.15, -0.1) is 0 Å². The van der Waals surface area contributed by atoms with E-state index in [4.69, 9.17) is 10.8 Å². The van der Waals surface area contributed by atoms with Crippen molar-refractivity contribution < 1.29 is 19.5 Å². The number of hydrogen-bond acceptors (Lipinski definition) is 3. The number of carboxylic acids is 1. The molecule has 0 aliphatic carbocycles. The second kappa shape index (κ2) is 5.90. The van der Waals surface area contributed by atoms with Gasteiger partial charge in [-0.05, 0) is 19.8 Å². The van der Waals surface area contributed by atoms with E-state index in [9.17, 15) is 14.4 Å². The van der Waals surface area contributed by atoms with Crippen LogP contribution in [0.3, 0.4) is 0 Å². The van der Waals surface area contributed by atoms with Gasteiger partial charge in [0, 0.05) is 19.6 Å². The number of aliphatic carboxylic acids is 1. The van der Waals surface area contributed by atoms with Crippen molar-refractivity contribution in [1.29, 1.82) is 0 Å². The van der Waals surface area contributed by atoms with E-state index in [1.807, 2.05) is 0 Å². The third kappa shape index (κ3) is 3.59. The molecule has 1 aliphatic rings. The summed E-state index contributed by atoms with van der Waals surface area (Å²) >= 11 is 0. The molecule has 0 spiro atoms. The van der Waals surface area contributed by atoms with Crippen molar-refractivity contribution in [1.82, 2.24) is 10.2 Å². The molecule has 1 rings (SSSR count). The molecular formula is C12H21N3O4. The van der Waals surface area contributed by atoms with Gasteiger partial charge in [0.15, 0.2) is 0 Å². The van der Waals surface area contributed by atoms with Gasteiger partial charge in [0.2, 0.25) is 5.91 Å². The van der Waals surface area contributed by atoms with E-state index < -0.39 is 23.2 Å². The minimum absolute atomic E-state index is 0.0917. The Balaban J connectivity index is 2.48. The Morgan fingerprint density at radius 3 is 2.53 bits per heavy atom. The van der Waals surface area contributed by atoms with Crippen LogP contribution < -0.4 is 11.1 Å². The zero-order chi connectivity index (χ0) is 14.6. The number of rotatable bonds is 5. The summed E-state index contributed by atoms with van der Waals surface area (Å²) in [6.07, 6.45) is 0.987. The van der Waals surface area contributed by atoms with E-state index in [1.165, 1.54) is 4.90 Å². The Morgan fingerprint density at radius 1 is 1.47 bits per heavy atom. The van der Waals surface area contributed by atoms with Crippen molar-refractivity contribution in [3.8, 4) is 0 Å². The maximum absolute atomic E-state index is 11.9. The molecule has 1 saturated heterocycles. The predicted octanol–water partition coefficient (Wildman–Crippen LogP) is 0.00410. The highest BCUT2D eigenvalue weighted by atomic mass is 16.4. The lowest BCUT2D eigenvalue weighted by atomic mass is 9.89. The molecule has 1 aliphatic heterocycles. The molecule has 108 valence electrons. The molecule has 3 amide bonds. The summed E-state index contributed by atoms with van der Waals surface area (Å²) in [7, 11) is 0. The van der Waals surface area contributed by atoms with Gasteiger partial charge < -0.3 is 21.1 Å². The molecule has 4 N–H and O–H groups in total. The van der Waals surface area contributed by atoms with Crippen LogP contribution in [0.2, 0.25) is 0 Å². The number of amides is 3. The molecule has 1 heterocycles. The third-order valence-electron chi connectivity index (χ3n) is 3.70. The van der Waals surface area contributed by atoms with E-state index >= 15 is 0 Å². The van der Waals surface area contributed by atoms with Gasteiger partial charge in [-0.1, -0.05) is 6.92 Å². The number of carboxylic acid groups (broad SMARTS) is 1. The minimum Gasteiger partial charge on any atom is -0.481 e. The molecule has 0 aromatic heterocycles. The normalized spacial score (nSPS) is 24.0. The lowest BCUT2D eigenvalue weighted by molar-refractivity contribution is -0.141. The minimum atomic E-state index is -0.925. The van der Waals surface area contributed by atoms with Crippen LogP contribution in [-0.4, -0.2) is 47.5 Å². The van der Waals surface area contributed by atoms with Gasteiger partial charge in [0.05, 0.1) is 11.3 Å². The summed E-state index contributed by atoms with van der Waals surface area (Å²) in [4.78, 5) is 35.5. The van der Waals surface area contributed by atoms with E-state index in [-0.39, 0.29) is 19.1 Å². The molecule has 7 nitrogen and oxygen atoms in total. The third-order valence-corrected chi connectivity index (χ3v) is 3.70. The van der Waals surface area contributed by atoms with Crippen LogP contribution >= 0.6 is 0 Å². The van der Waals surface area contributed by atoms with E-state index in [1.54, 1.807) is 13.8 Å². The monoisotopic (exact) mass is 271 g/mol. The summed E-state index contributed by atoms with van der Waals surface area (Å²) in [5, 5.41) is 11.5. The van der Waals surface area contributed by atoms with Gasteiger partial charge in [-0.25, -0.2) is 4.79 Å². The first kappa shape index (κ1) is 15.3. The Morgan fingerprint density at radius 2 is 2.11 bits per heavy atom. The molecule has 1 fully saturated rings. The van der Waals surface area contributed by atoms with Crippen LogP contribution in [0.4, 0.5) is 4.79 Å². The molecule has 0 radical (unpaired) electrons. The number of primary amides is 1. The summed E-state index contributed by atoms with van der Waals surface area (Å²) < 4.78 is 0. The second-order valence-corrected chi connectivity index (χ2v) is 5.23. The highest BCUT2D eigenvalue weighted by Crippen LogP contribution is 2.29. The van der Waals surface area contributed by atoms with Crippen LogP contribution in [0.15, 0.2) is 0 Å². The number of nitrogens with zero attached hydrogens (tertiary/aromatic N) is 1. The zero-order valence-corrected chi connectivity index (χ0v) is 11.3. The molecule has 19 heavy (non-hydrogen) atoms. The largest absolute Gasteiger partial charge is 0.481 e. The van der Waals surface area contributed by atoms with Crippen molar-refractivity contribution in [2.24, 2.45) is 17.1 Å². The maximum Gasteiger partial charge on any atom is 0.317 e. The summed E-state index contributed by atoms with van der Waals surface area (Å²) in [5.41, 5.74) is 4.62. The van der Waals surface area contributed by atoms with Gasteiger partial charge in [-0.3, -0.25) is 9.59 Å². The predicted molar refractivity (Wildman–Crippen MR) is 68.3 cm³/mol. The number of carbonyl (C=O) groups excluding carboxylic acids is 2. The molecule has 0 aromatic carbocycles. The Bertz CT molecular complexity index is 385. The smallest absolute Gasteiger partial charge is 0.317 e. The zero-order valence-electron chi connectivity index (χ0n) is 11.3. The van der Waals surface area contributed by atoms with Gasteiger partial charge in [0.1, 0.15) is 0 Å². The SMILES string of the molecule is CCC(CNC(=O)N1CCC(C)(C(N)=O)C1)C(=O)O. The standard InChI is InChI=1S/C12H21N3O4/c1-3-8(9(16)17)6-14-11(19)15-5-4-12(2,7-15)10(13)18/h8H,3-7H2,1-2H3,(H2,13,18)(H,14,19)(H,16,17). The van der Waals surface area contributed by atoms with Gasteiger partial charge >= 0.3 is 12.0 Å². The number of carbonyl (C=O) groups is 3. The van der Waals surface area contributed by atoms with Gasteiger partial charge in [-0.2, -0.15) is 0 Å². The second-order valence-electron chi connectivity index (χ2n) is 5.23. The lowest BCUT2D eigenvalue weighted by Crippen LogP contribution is -2.44. The van der Waals surface area contributed by atoms with Crippen molar-refractivity contribution >= 4 is 17.9 Å². The Kier molecular flexibility index (Phi) is 4.74. The average Bonchev–Trinajstić information content (AvgIpc) is 2.73. The fourth-order valence-electron chi connectivity index (χ4n) is 2.06. The van der Waals surface area contributed by atoms with Gasteiger partial charge in [0.25, 0.3) is 0 Å². The average molecular weight is 271 g/mol. The highest BCUT2D eigenvalue weighted by molar-refractivity contribution is 5.83. The first-order chi connectivity index (χ1) is 8.80. The Labute approximate surface area is 112 Å². The fraction of sp³-hybridized carbons (Fsp3) is 0.750. The molecule has 0 saturated carbocycles. The summed E-state index contributed by atoms with van der Waals surface area (Å²) in [6, 6.07) is -0.343. The molecular weight excluding hydrogens is 250 g/mol. The molecule has 7 heteroatoms. The first-order valence-corrected chi connectivity index (χ1v) is 6.35. The summed E-state index contributed by atoms with van der Waals surface area (Å²) in [5.74, 6) is -1.93. The van der Waals surface area contributed by atoms with Crippen molar-refractivity contribution in [3.63, 3.8) is 0 Å². The molecule has 2 atom stereocenters.